The molecule has 0 bridgehead atoms. The van der Waals surface area contributed by atoms with Crippen molar-refractivity contribution in [3.8, 4) is 16.9 Å². The van der Waals surface area contributed by atoms with Crippen LogP contribution in [0.3, 0.4) is 0 Å². The van der Waals surface area contributed by atoms with E-state index in [0.717, 1.165) is 22.4 Å². The van der Waals surface area contributed by atoms with Crippen molar-refractivity contribution in [2.75, 3.05) is 0 Å². The molecule has 0 radical (unpaired) electrons. The van der Waals surface area contributed by atoms with Gasteiger partial charge in [0, 0.05) is 10.9 Å². The Hall–Kier alpha value is -4.24. The number of aromatic amines is 1. The fourth-order valence-electron chi connectivity index (χ4n) is 3.66. The van der Waals surface area contributed by atoms with Crippen LogP contribution in [0, 0.1) is 13.8 Å². The van der Waals surface area contributed by atoms with Crippen molar-refractivity contribution in [3.05, 3.63) is 98.7 Å². The third-order valence-corrected chi connectivity index (χ3v) is 6.44. The average molecular weight is 488 g/mol. The normalized spacial score (nSPS) is 11.0. The van der Waals surface area contributed by atoms with Crippen molar-refractivity contribution in [2.24, 2.45) is 0 Å². The smallest absolute Gasteiger partial charge is 0.338 e. The number of fused-ring (bicyclic) bond motifs is 1. The number of hydrogen-bond donors (Lipinski definition) is 1. The Balaban J connectivity index is 1.24. The van der Waals surface area contributed by atoms with Crippen LogP contribution in [0.25, 0.3) is 21.3 Å². The summed E-state index contributed by atoms with van der Waals surface area (Å²) in [6.45, 7) is 3.86. The second-order valence-electron chi connectivity index (χ2n) is 7.90. The molecule has 5 aromatic rings. The molecule has 0 aliphatic carbocycles. The number of nitrogens with zero attached hydrogens (tertiary/aromatic N) is 2. The second kappa shape index (κ2) is 9.55. The summed E-state index contributed by atoms with van der Waals surface area (Å²) in [4.78, 5) is 33.0. The van der Waals surface area contributed by atoms with Gasteiger partial charge in [-0.3, -0.25) is 4.79 Å². The van der Waals surface area contributed by atoms with E-state index in [1.54, 1.807) is 24.3 Å². The van der Waals surface area contributed by atoms with Gasteiger partial charge in [-0.15, -0.1) is 11.3 Å². The topological polar surface area (TPSA) is 107 Å². The lowest BCUT2D eigenvalue weighted by atomic mass is 10.1. The Morgan fingerprint density at radius 2 is 1.83 bits per heavy atom. The molecule has 0 saturated heterocycles. The first-order chi connectivity index (χ1) is 17.0. The van der Waals surface area contributed by atoms with Gasteiger partial charge in [-0.05, 0) is 43.7 Å². The van der Waals surface area contributed by atoms with E-state index in [4.69, 9.17) is 14.0 Å². The number of aryl methyl sites for hydroxylation is 2. The lowest BCUT2D eigenvalue weighted by Crippen LogP contribution is -2.14. The fraction of sp³-hybridized carbons (Fsp3) is 0.154. The summed E-state index contributed by atoms with van der Waals surface area (Å²) in [7, 11) is 0. The summed E-state index contributed by atoms with van der Waals surface area (Å²) in [6, 6.07) is 16.3. The maximum Gasteiger partial charge on any atom is 0.338 e. The van der Waals surface area contributed by atoms with Crippen molar-refractivity contribution in [2.45, 2.75) is 27.1 Å². The molecule has 0 amide bonds. The summed E-state index contributed by atoms with van der Waals surface area (Å²) in [5, 5.41) is 6.35. The number of nitrogens with one attached hydrogen (secondary N) is 1. The molecule has 35 heavy (non-hydrogen) atoms. The van der Waals surface area contributed by atoms with Crippen LogP contribution >= 0.6 is 11.3 Å². The largest absolute Gasteiger partial charge is 0.489 e. The zero-order chi connectivity index (χ0) is 24.4. The van der Waals surface area contributed by atoms with Crippen LogP contribution in [0.5, 0.6) is 5.75 Å². The van der Waals surface area contributed by atoms with Crippen LogP contribution in [0.2, 0.25) is 0 Å². The van der Waals surface area contributed by atoms with Gasteiger partial charge < -0.3 is 19.0 Å². The number of aromatic nitrogens is 3. The molecule has 0 atom stereocenters. The van der Waals surface area contributed by atoms with Gasteiger partial charge in [0.05, 0.1) is 22.2 Å². The van der Waals surface area contributed by atoms with E-state index in [0.29, 0.717) is 33.9 Å². The van der Waals surface area contributed by atoms with Gasteiger partial charge >= 0.3 is 5.97 Å². The molecule has 1 N–H and O–H groups in total. The molecular formula is C26H21N3O5S. The number of esters is 1. The molecule has 3 aromatic heterocycles. The number of carbonyl (C=O) groups is 1. The van der Waals surface area contributed by atoms with Crippen LogP contribution in [-0.4, -0.2) is 21.1 Å². The molecule has 8 nitrogen and oxygen atoms in total. The molecule has 0 unspecified atom stereocenters. The lowest BCUT2D eigenvalue weighted by Gasteiger charge is -2.08. The standard InChI is InChI=1S/C26H21N3O5S/c1-15-20(16(2)34-29-15)12-32-19-10-8-18(9-11-19)26(31)33-13-22-27-24(30)23-21(14-35-25(23)28-22)17-6-4-3-5-7-17/h3-11,14H,12-13H2,1-2H3,(H,27,28,30). The van der Waals surface area contributed by atoms with Crippen molar-refractivity contribution in [1.29, 1.82) is 0 Å². The van der Waals surface area contributed by atoms with Crippen molar-refractivity contribution >= 4 is 27.5 Å². The van der Waals surface area contributed by atoms with Crippen LogP contribution in [0.1, 0.15) is 33.2 Å². The minimum Gasteiger partial charge on any atom is -0.489 e. The third-order valence-electron chi connectivity index (χ3n) is 5.57. The summed E-state index contributed by atoms with van der Waals surface area (Å²) >= 11 is 1.38. The van der Waals surface area contributed by atoms with E-state index < -0.39 is 5.97 Å². The zero-order valence-electron chi connectivity index (χ0n) is 19.0. The Kier molecular flexibility index (Phi) is 6.15. The van der Waals surface area contributed by atoms with Crippen LogP contribution in [0.15, 0.2) is 69.3 Å². The van der Waals surface area contributed by atoms with Crippen LogP contribution in [0.4, 0.5) is 0 Å². The Bertz CT molecular complexity index is 1530. The van der Waals surface area contributed by atoms with E-state index >= 15 is 0 Å². The first kappa shape index (κ1) is 22.5. The van der Waals surface area contributed by atoms with Gasteiger partial charge in [-0.25, -0.2) is 9.78 Å². The minimum atomic E-state index is -0.527. The number of H-pyrrole nitrogens is 1. The molecule has 0 spiro atoms. The summed E-state index contributed by atoms with van der Waals surface area (Å²) in [5.41, 5.74) is 3.56. The van der Waals surface area contributed by atoms with Crippen molar-refractivity contribution < 1.29 is 18.8 Å². The fourth-order valence-corrected chi connectivity index (χ4v) is 4.63. The van der Waals surface area contributed by atoms with Crippen LogP contribution < -0.4 is 10.3 Å². The Labute approximate surface area is 204 Å². The quantitative estimate of drug-likeness (QED) is 0.315. The number of hydrogen-bond acceptors (Lipinski definition) is 8. The van der Waals surface area contributed by atoms with E-state index in [2.05, 4.69) is 15.1 Å². The van der Waals surface area contributed by atoms with E-state index in [1.165, 1.54) is 11.3 Å². The highest BCUT2D eigenvalue weighted by atomic mass is 32.1. The van der Waals surface area contributed by atoms with Crippen molar-refractivity contribution in [1.82, 2.24) is 15.1 Å². The number of rotatable bonds is 7. The Morgan fingerprint density at radius 3 is 2.54 bits per heavy atom. The summed E-state index contributed by atoms with van der Waals surface area (Å²) in [5.74, 6) is 1.08. The zero-order valence-corrected chi connectivity index (χ0v) is 19.8. The molecular weight excluding hydrogens is 466 g/mol. The molecule has 0 fully saturated rings. The molecule has 0 saturated carbocycles. The first-order valence-corrected chi connectivity index (χ1v) is 11.7. The van der Waals surface area contributed by atoms with Gasteiger partial charge in [-0.2, -0.15) is 0 Å². The molecule has 176 valence electrons. The monoisotopic (exact) mass is 487 g/mol. The lowest BCUT2D eigenvalue weighted by molar-refractivity contribution is 0.0462. The van der Waals surface area contributed by atoms with Gasteiger partial charge in [-0.1, -0.05) is 35.5 Å². The second-order valence-corrected chi connectivity index (χ2v) is 8.76. The van der Waals surface area contributed by atoms with E-state index in [1.807, 2.05) is 49.6 Å². The third kappa shape index (κ3) is 4.71. The highest BCUT2D eigenvalue weighted by molar-refractivity contribution is 7.17. The van der Waals surface area contributed by atoms with E-state index in [9.17, 15) is 9.59 Å². The molecule has 9 heteroatoms. The van der Waals surface area contributed by atoms with Crippen LogP contribution in [-0.2, 0) is 18.0 Å². The maximum absolute atomic E-state index is 12.7. The van der Waals surface area contributed by atoms with Gasteiger partial charge in [0.25, 0.3) is 5.56 Å². The molecule has 3 heterocycles. The highest BCUT2D eigenvalue weighted by Gasteiger charge is 2.15. The van der Waals surface area contributed by atoms with Gasteiger partial charge in [0.2, 0.25) is 0 Å². The summed E-state index contributed by atoms with van der Waals surface area (Å²) < 4.78 is 16.3. The minimum absolute atomic E-state index is 0.146. The predicted molar refractivity (Wildman–Crippen MR) is 132 cm³/mol. The molecule has 5 rings (SSSR count). The maximum atomic E-state index is 12.7. The Morgan fingerprint density at radius 1 is 1.06 bits per heavy atom. The SMILES string of the molecule is Cc1noc(C)c1COc1ccc(C(=O)OCc2nc3scc(-c4ccccc4)c3c(=O)[nH]2)cc1. The number of ether oxygens (including phenoxy) is 2. The summed E-state index contributed by atoms with van der Waals surface area (Å²) in [6.07, 6.45) is 0. The highest BCUT2D eigenvalue weighted by Crippen LogP contribution is 2.30. The molecule has 0 aliphatic heterocycles. The first-order valence-electron chi connectivity index (χ1n) is 10.9. The van der Waals surface area contributed by atoms with E-state index in [-0.39, 0.29) is 18.0 Å². The number of thiophene rings is 1. The van der Waals surface area contributed by atoms with Gasteiger partial charge in [0.15, 0.2) is 0 Å². The van der Waals surface area contributed by atoms with Gasteiger partial charge in [0.1, 0.15) is 35.4 Å². The number of carbonyl (C=O) groups excluding carboxylic acids is 1. The predicted octanol–water partition coefficient (Wildman–Crippen LogP) is 5.19. The molecule has 2 aromatic carbocycles. The molecule has 0 aliphatic rings. The average Bonchev–Trinajstić information content (AvgIpc) is 3.45. The van der Waals surface area contributed by atoms with Crippen molar-refractivity contribution in [3.63, 3.8) is 0 Å². The number of benzene rings is 2.